The van der Waals surface area contributed by atoms with Crippen LogP contribution in [-0.4, -0.2) is 25.4 Å². The van der Waals surface area contributed by atoms with Crippen LogP contribution in [0.1, 0.15) is 6.42 Å². The number of anilines is 1. The SMILES string of the molecule is COc1ccc(NC(=O)CCSc2ccccc2F)cc1OC(F)F. The van der Waals surface area contributed by atoms with E-state index in [-0.39, 0.29) is 29.6 Å². The molecule has 134 valence electrons. The number of alkyl halides is 2. The zero-order chi connectivity index (χ0) is 18.2. The van der Waals surface area contributed by atoms with Crippen LogP contribution in [0.5, 0.6) is 11.5 Å². The molecular formula is C17H16F3NO3S. The van der Waals surface area contributed by atoms with E-state index in [1.165, 1.54) is 43.1 Å². The Morgan fingerprint density at radius 2 is 1.96 bits per heavy atom. The Morgan fingerprint density at radius 3 is 2.64 bits per heavy atom. The molecule has 0 spiro atoms. The number of nitrogens with one attached hydrogen (secondary N) is 1. The number of carbonyl (C=O) groups is 1. The number of thioether (sulfide) groups is 1. The molecule has 2 aromatic rings. The van der Waals surface area contributed by atoms with E-state index < -0.39 is 6.61 Å². The van der Waals surface area contributed by atoms with Crippen LogP contribution >= 0.6 is 11.8 Å². The minimum Gasteiger partial charge on any atom is -0.493 e. The molecule has 0 aliphatic heterocycles. The molecule has 0 bridgehead atoms. The lowest BCUT2D eigenvalue weighted by molar-refractivity contribution is -0.115. The van der Waals surface area contributed by atoms with Gasteiger partial charge in [0.15, 0.2) is 11.5 Å². The van der Waals surface area contributed by atoms with Gasteiger partial charge >= 0.3 is 6.61 Å². The number of hydrogen-bond acceptors (Lipinski definition) is 4. The fourth-order valence-corrected chi connectivity index (χ4v) is 2.87. The third-order valence-electron chi connectivity index (χ3n) is 3.09. The lowest BCUT2D eigenvalue weighted by Gasteiger charge is -2.12. The van der Waals surface area contributed by atoms with E-state index in [0.29, 0.717) is 16.3 Å². The molecule has 0 aliphatic carbocycles. The summed E-state index contributed by atoms with van der Waals surface area (Å²) in [5.41, 5.74) is 0.303. The number of methoxy groups -OCH3 is 1. The third-order valence-corrected chi connectivity index (χ3v) is 4.14. The van der Waals surface area contributed by atoms with Crippen LogP contribution in [0.2, 0.25) is 0 Å². The fourth-order valence-electron chi connectivity index (χ4n) is 1.98. The van der Waals surface area contributed by atoms with Gasteiger partial charge in [0, 0.05) is 28.8 Å². The number of amides is 1. The second-order valence-electron chi connectivity index (χ2n) is 4.82. The van der Waals surface area contributed by atoms with E-state index in [2.05, 4.69) is 10.1 Å². The first-order valence-corrected chi connectivity index (χ1v) is 8.28. The monoisotopic (exact) mass is 371 g/mol. The van der Waals surface area contributed by atoms with Crippen molar-refractivity contribution >= 4 is 23.4 Å². The normalized spacial score (nSPS) is 10.6. The Kier molecular flexibility index (Phi) is 7.00. The first-order valence-electron chi connectivity index (χ1n) is 7.29. The van der Waals surface area contributed by atoms with Gasteiger partial charge in [-0.15, -0.1) is 11.8 Å². The average molecular weight is 371 g/mol. The Morgan fingerprint density at radius 1 is 1.20 bits per heavy atom. The maximum atomic E-state index is 13.5. The van der Waals surface area contributed by atoms with Crippen molar-refractivity contribution in [1.29, 1.82) is 0 Å². The molecule has 0 unspecified atom stereocenters. The van der Waals surface area contributed by atoms with Crippen LogP contribution in [0.15, 0.2) is 47.4 Å². The predicted octanol–water partition coefficient (Wildman–Crippen LogP) is 4.56. The van der Waals surface area contributed by atoms with Crippen LogP contribution in [-0.2, 0) is 4.79 Å². The summed E-state index contributed by atoms with van der Waals surface area (Å²) in [4.78, 5) is 12.4. The molecule has 0 atom stereocenters. The van der Waals surface area contributed by atoms with E-state index in [1.54, 1.807) is 18.2 Å². The van der Waals surface area contributed by atoms with Crippen LogP contribution in [0, 0.1) is 5.82 Å². The first-order chi connectivity index (χ1) is 12.0. The second kappa shape index (κ2) is 9.22. The highest BCUT2D eigenvalue weighted by molar-refractivity contribution is 7.99. The van der Waals surface area contributed by atoms with Crippen LogP contribution in [0.4, 0.5) is 18.9 Å². The van der Waals surface area contributed by atoms with Gasteiger partial charge in [0.05, 0.1) is 7.11 Å². The van der Waals surface area contributed by atoms with Gasteiger partial charge in [-0.1, -0.05) is 12.1 Å². The van der Waals surface area contributed by atoms with Crippen molar-refractivity contribution in [2.75, 3.05) is 18.2 Å². The molecule has 0 saturated heterocycles. The maximum absolute atomic E-state index is 13.5. The summed E-state index contributed by atoms with van der Waals surface area (Å²) in [5.74, 6) is -0.318. The quantitative estimate of drug-likeness (QED) is 0.691. The van der Waals surface area contributed by atoms with E-state index in [4.69, 9.17) is 4.74 Å². The highest BCUT2D eigenvalue weighted by Gasteiger charge is 2.12. The van der Waals surface area contributed by atoms with Gasteiger partial charge in [-0.3, -0.25) is 4.79 Å². The van der Waals surface area contributed by atoms with Gasteiger partial charge in [-0.25, -0.2) is 4.39 Å². The minimum atomic E-state index is -3.00. The molecule has 2 rings (SSSR count). The minimum absolute atomic E-state index is 0.133. The van der Waals surface area contributed by atoms with Crippen molar-refractivity contribution in [2.24, 2.45) is 0 Å². The van der Waals surface area contributed by atoms with Gasteiger partial charge in [0.2, 0.25) is 5.91 Å². The number of carbonyl (C=O) groups excluding carboxylic acids is 1. The van der Waals surface area contributed by atoms with E-state index in [9.17, 15) is 18.0 Å². The van der Waals surface area contributed by atoms with Gasteiger partial charge < -0.3 is 14.8 Å². The lowest BCUT2D eigenvalue weighted by Crippen LogP contribution is -2.12. The molecule has 0 saturated carbocycles. The fraction of sp³-hybridized carbons (Fsp3) is 0.235. The number of benzene rings is 2. The molecule has 1 amide bonds. The molecule has 0 radical (unpaired) electrons. The zero-order valence-electron chi connectivity index (χ0n) is 13.3. The summed E-state index contributed by atoms with van der Waals surface area (Å²) in [6, 6.07) is 10.5. The van der Waals surface area contributed by atoms with Crippen molar-refractivity contribution in [1.82, 2.24) is 0 Å². The topological polar surface area (TPSA) is 47.6 Å². The largest absolute Gasteiger partial charge is 0.493 e. The number of hydrogen-bond donors (Lipinski definition) is 1. The van der Waals surface area contributed by atoms with Crippen molar-refractivity contribution in [3.63, 3.8) is 0 Å². The Bertz CT molecular complexity index is 728. The molecule has 0 aromatic heterocycles. The Labute approximate surface area is 147 Å². The van der Waals surface area contributed by atoms with E-state index >= 15 is 0 Å². The second-order valence-corrected chi connectivity index (χ2v) is 5.96. The average Bonchev–Trinajstić information content (AvgIpc) is 2.56. The molecular weight excluding hydrogens is 355 g/mol. The van der Waals surface area contributed by atoms with Crippen LogP contribution < -0.4 is 14.8 Å². The van der Waals surface area contributed by atoms with Gasteiger partial charge in [-0.05, 0) is 24.3 Å². The maximum Gasteiger partial charge on any atom is 0.387 e. The number of rotatable bonds is 8. The molecule has 4 nitrogen and oxygen atoms in total. The molecule has 0 fully saturated rings. The van der Waals surface area contributed by atoms with Crippen molar-refractivity contribution in [2.45, 2.75) is 17.9 Å². The number of halogens is 3. The molecule has 2 aromatic carbocycles. The molecule has 1 N–H and O–H groups in total. The summed E-state index contributed by atoms with van der Waals surface area (Å²) < 4.78 is 47.5. The van der Waals surface area contributed by atoms with Gasteiger partial charge in [-0.2, -0.15) is 8.78 Å². The Balaban J connectivity index is 1.90. The molecule has 25 heavy (non-hydrogen) atoms. The summed E-state index contributed by atoms with van der Waals surface area (Å²) in [6.45, 7) is -3.00. The highest BCUT2D eigenvalue weighted by Crippen LogP contribution is 2.31. The Hall–Kier alpha value is -2.35. The van der Waals surface area contributed by atoms with Gasteiger partial charge in [0.1, 0.15) is 5.82 Å². The lowest BCUT2D eigenvalue weighted by atomic mass is 10.2. The van der Waals surface area contributed by atoms with Crippen molar-refractivity contribution < 1.29 is 27.4 Å². The van der Waals surface area contributed by atoms with Gasteiger partial charge in [0.25, 0.3) is 0 Å². The number of ether oxygens (including phenoxy) is 2. The van der Waals surface area contributed by atoms with E-state index in [1.807, 2.05) is 0 Å². The summed E-state index contributed by atoms with van der Waals surface area (Å²) >= 11 is 1.22. The highest BCUT2D eigenvalue weighted by atomic mass is 32.2. The predicted molar refractivity (Wildman–Crippen MR) is 90.0 cm³/mol. The third kappa shape index (κ3) is 5.90. The standard InChI is InChI=1S/C17H16F3NO3S/c1-23-13-7-6-11(10-14(13)24-17(19)20)21-16(22)8-9-25-15-5-3-2-4-12(15)18/h2-7,10,17H,8-9H2,1H3,(H,21,22). The summed E-state index contributed by atoms with van der Waals surface area (Å²) in [6.07, 6.45) is 0.135. The van der Waals surface area contributed by atoms with Crippen LogP contribution in [0.25, 0.3) is 0 Å². The molecule has 0 heterocycles. The molecule has 8 heteroatoms. The van der Waals surface area contributed by atoms with Crippen molar-refractivity contribution in [3.8, 4) is 11.5 Å². The first kappa shape index (κ1) is 19.0. The smallest absolute Gasteiger partial charge is 0.387 e. The van der Waals surface area contributed by atoms with Crippen molar-refractivity contribution in [3.05, 3.63) is 48.3 Å². The summed E-state index contributed by atoms with van der Waals surface area (Å²) in [7, 11) is 1.33. The molecule has 0 aliphatic rings. The van der Waals surface area contributed by atoms with E-state index in [0.717, 1.165) is 0 Å². The summed E-state index contributed by atoms with van der Waals surface area (Å²) in [5, 5.41) is 2.58. The van der Waals surface area contributed by atoms with Crippen LogP contribution in [0.3, 0.4) is 0 Å². The zero-order valence-corrected chi connectivity index (χ0v) is 14.1.